The number of aromatic nitrogens is 2. The molecule has 0 saturated carbocycles. The number of benzene rings is 1. The fourth-order valence-electron chi connectivity index (χ4n) is 1.99. The molecule has 7 heteroatoms. The van der Waals surface area contributed by atoms with Crippen molar-refractivity contribution in [1.29, 1.82) is 5.26 Å². The molecule has 0 aliphatic carbocycles. The Labute approximate surface area is 126 Å². The fourth-order valence-corrected chi connectivity index (χ4v) is 1.99. The van der Waals surface area contributed by atoms with E-state index in [1.165, 1.54) is 24.3 Å². The highest BCUT2D eigenvalue weighted by molar-refractivity contribution is 6.03. The van der Waals surface area contributed by atoms with E-state index in [-0.39, 0.29) is 11.3 Å². The van der Waals surface area contributed by atoms with Gasteiger partial charge in [-0.05, 0) is 31.6 Å². The zero-order chi connectivity index (χ0) is 16.3. The lowest BCUT2D eigenvalue weighted by Gasteiger charge is -2.02. The highest BCUT2D eigenvalue weighted by atomic mass is 16.6. The number of aryl methyl sites for hydroxylation is 2. The van der Waals surface area contributed by atoms with Gasteiger partial charge in [-0.15, -0.1) is 0 Å². The van der Waals surface area contributed by atoms with Crippen molar-refractivity contribution in [3.05, 3.63) is 63.0 Å². The van der Waals surface area contributed by atoms with E-state index >= 15 is 0 Å². The molecule has 7 nitrogen and oxygen atoms in total. The van der Waals surface area contributed by atoms with Gasteiger partial charge < -0.3 is 0 Å². The molecule has 0 radical (unpaired) electrons. The van der Waals surface area contributed by atoms with Crippen LogP contribution in [0.15, 0.2) is 35.9 Å². The Balaban J connectivity index is 2.42. The van der Waals surface area contributed by atoms with Crippen LogP contribution in [0.2, 0.25) is 0 Å². The number of nitro groups is 1. The van der Waals surface area contributed by atoms with Crippen molar-refractivity contribution in [3.63, 3.8) is 0 Å². The second-order valence-corrected chi connectivity index (χ2v) is 4.67. The summed E-state index contributed by atoms with van der Waals surface area (Å²) in [6.45, 7) is 3.45. The van der Waals surface area contributed by atoms with Crippen LogP contribution < -0.4 is 0 Å². The largest absolute Gasteiger partial charge is 0.289 e. The number of nitriles is 1. The number of carbonyl (C=O) groups is 1. The SMILES string of the molecule is Cc1cc(C)n(C(=O)/C(C#N)=C/c2cccc([N+](=O)[O-])c2)n1. The third-order valence-electron chi connectivity index (χ3n) is 2.94. The number of carbonyl (C=O) groups excluding carboxylic acids is 1. The van der Waals surface area contributed by atoms with Gasteiger partial charge in [0, 0.05) is 17.8 Å². The standard InChI is InChI=1S/C15H12N4O3/c1-10-6-11(2)18(17-10)15(20)13(9-16)7-12-4-3-5-14(8-12)19(21)22/h3-8H,1-2H3/b13-7+. The summed E-state index contributed by atoms with van der Waals surface area (Å²) in [7, 11) is 0. The molecule has 0 aliphatic rings. The van der Waals surface area contributed by atoms with E-state index in [1.54, 1.807) is 26.0 Å². The zero-order valence-electron chi connectivity index (χ0n) is 12.0. The average molecular weight is 296 g/mol. The Hall–Kier alpha value is -3.27. The molecule has 0 amide bonds. The number of rotatable bonds is 3. The maximum atomic E-state index is 12.3. The molecule has 1 heterocycles. The third-order valence-corrected chi connectivity index (χ3v) is 2.94. The van der Waals surface area contributed by atoms with Crippen LogP contribution in [0.4, 0.5) is 5.69 Å². The molecular weight excluding hydrogens is 284 g/mol. The summed E-state index contributed by atoms with van der Waals surface area (Å²) in [6, 6.07) is 9.25. The smallest absolute Gasteiger partial charge is 0.266 e. The van der Waals surface area contributed by atoms with E-state index in [0.717, 1.165) is 4.68 Å². The Kier molecular flexibility index (Phi) is 4.13. The maximum absolute atomic E-state index is 12.3. The van der Waals surface area contributed by atoms with E-state index in [0.29, 0.717) is 17.0 Å². The monoisotopic (exact) mass is 296 g/mol. The summed E-state index contributed by atoms with van der Waals surface area (Å²) in [5, 5.41) is 24.0. The van der Waals surface area contributed by atoms with Gasteiger partial charge in [0.15, 0.2) is 0 Å². The van der Waals surface area contributed by atoms with Crippen molar-refractivity contribution < 1.29 is 9.72 Å². The molecule has 2 rings (SSSR count). The molecule has 0 aliphatic heterocycles. The summed E-state index contributed by atoms with van der Waals surface area (Å²) in [6.07, 6.45) is 1.31. The maximum Gasteiger partial charge on any atom is 0.289 e. The molecule has 0 spiro atoms. The Morgan fingerprint density at radius 1 is 1.41 bits per heavy atom. The first-order valence-corrected chi connectivity index (χ1v) is 6.36. The first-order valence-electron chi connectivity index (χ1n) is 6.36. The van der Waals surface area contributed by atoms with Crippen LogP contribution in [-0.2, 0) is 0 Å². The van der Waals surface area contributed by atoms with E-state index in [4.69, 9.17) is 0 Å². The topological polar surface area (TPSA) is 102 Å². The Morgan fingerprint density at radius 2 is 2.14 bits per heavy atom. The molecule has 0 atom stereocenters. The number of hydrogen-bond acceptors (Lipinski definition) is 5. The van der Waals surface area contributed by atoms with Gasteiger partial charge in [0.1, 0.15) is 11.6 Å². The van der Waals surface area contributed by atoms with Crippen LogP contribution in [0.5, 0.6) is 0 Å². The lowest BCUT2D eigenvalue weighted by Crippen LogP contribution is -2.15. The molecule has 0 unspecified atom stereocenters. The minimum atomic E-state index is -0.570. The number of non-ortho nitro benzene ring substituents is 1. The predicted molar refractivity (Wildman–Crippen MR) is 79.0 cm³/mol. The van der Waals surface area contributed by atoms with Crippen LogP contribution in [0.25, 0.3) is 6.08 Å². The Bertz CT molecular complexity index is 828. The van der Waals surface area contributed by atoms with Gasteiger partial charge >= 0.3 is 0 Å². The summed E-state index contributed by atoms with van der Waals surface area (Å²) < 4.78 is 1.14. The van der Waals surface area contributed by atoms with Crippen LogP contribution in [0, 0.1) is 35.3 Å². The van der Waals surface area contributed by atoms with Gasteiger partial charge in [0.05, 0.1) is 10.6 Å². The van der Waals surface area contributed by atoms with Gasteiger partial charge in [-0.3, -0.25) is 14.9 Å². The fraction of sp³-hybridized carbons (Fsp3) is 0.133. The van der Waals surface area contributed by atoms with E-state index in [9.17, 15) is 20.2 Å². The van der Waals surface area contributed by atoms with Crippen LogP contribution in [0.1, 0.15) is 21.7 Å². The van der Waals surface area contributed by atoms with Crippen molar-refractivity contribution in [2.75, 3.05) is 0 Å². The number of hydrogen-bond donors (Lipinski definition) is 0. The summed E-state index contributed by atoms with van der Waals surface area (Å²) in [4.78, 5) is 22.5. The highest BCUT2D eigenvalue weighted by Gasteiger charge is 2.16. The second kappa shape index (κ2) is 6.01. The zero-order valence-corrected chi connectivity index (χ0v) is 12.0. The van der Waals surface area contributed by atoms with Crippen molar-refractivity contribution >= 4 is 17.7 Å². The third kappa shape index (κ3) is 3.07. The van der Waals surface area contributed by atoms with Gasteiger partial charge in [-0.25, -0.2) is 4.68 Å². The molecule has 0 bridgehead atoms. The van der Waals surface area contributed by atoms with Crippen molar-refractivity contribution in [2.45, 2.75) is 13.8 Å². The summed E-state index contributed by atoms with van der Waals surface area (Å²) >= 11 is 0. The average Bonchev–Trinajstić information content (AvgIpc) is 2.83. The number of nitrogens with zero attached hydrogens (tertiary/aromatic N) is 4. The molecule has 1 aromatic heterocycles. The van der Waals surface area contributed by atoms with Crippen LogP contribution in [-0.4, -0.2) is 20.6 Å². The molecule has 2 aromatic rings. The van der Waals surface area contributed by atoms with Crippen molar-refractivity contribution in [1.82, 2.24) is 9.78 Å². The van der Waals surface area contributed by atoms with E-state index in [1.807, 2.05) is 6.07 Å². The van der Waals surface area contributed by atoms with Gasteiger partial charge in [-0.2, -0.15) is 10.4 Å². The van der Waals surface area contributed by atoms with Crippen molar-refractivity contribution in [3.8, 4) is 6.07 Å². The number of nitro benzene ring substituents is 1. The molecule has 0 fully saturated rings. The highest BCUT2D eigenvalue weighted by Crippen LogP contribution is 2.16. The molecule has 0 saturated heterocycles. The van der Waals surface area contributed by atoms with Crippen molar-refractivity contribution in [2.24, 2.45) is 0 Å². The van der Waals surface area contributed by atoms with Gasteiger partial charge in [0.25, 0.3) is 11.6 Å². The van der Waals surface area contributed by atoms with E-state index < -0.39 is 10.8 Å². The first kappa shape index (κ1) is 15.1. The van der Waals surface area contributed by atoms with Crippen LogP contribution >= 0.6 is 0 Å². The minimum Gasteiger partial charge on any atom is -0.266 e. The molecule has 22 heavy (non-hydrogen) atoms. The van der Waals surface area contributed by atoms with Crippen LogP contribution in [0.3, 0.4) is 0 Å². The van der Waals surface area contributed by atoms with Gasteiger partial charge in [0.2, 0.25) is 0 Å². The second-order valence-electron chi connectivity index (χ2n) is 4.67. The minimum absolute atomic E-state index is 0.107. The summed E-state index contributed by atoms with van der Waals surface area (Å²) in [5.74, 6) is -0.570. The Morgan fingerprint density at radius 3 is 2.68 bits per heavy atom. The quantitative estimate of drug-likeness (QED) is 0.375. The lowest BCUT2D eigenvalue weighted by molar-refractivity contribution is -0.384. The van der Waals surface area contributed by atoms with Gasteiger partial charge in [-0.1, -0.05) is 12.1 Å². The number of allylic oxidation sites excluding steroid dienone is 1. The lowest BCUT2D eigenvalue weighted by atomic mass is 10.1. The normalized spacial score (nSPS) is 11.0. The molecule has 0 N–H and O–H groups in total. The molecular formula is C15H12N4O3. The first-order chi connectivity index (χ1) is 10.4. The molecule has 1 aromatic carbocycles. The summed E-state index contributed by atoms with van der Waals surface area (Å²) in [5.41, 5.74) is 1.43. The molecule has 110 valence electrons. The predicted octanol–water partition coefficient (Wildman–Crippen LogP) is 2.66. The van der Waals surface area contributed by atoms with E-state index in [2.05, 4.69) is 5.10 Å².